The van der Waals surface area contributed by atoms with E-state index in [1.807, 2.05) is 25.5 Å². The molecule has 0 radical (unpaired) electrons. The predicted octanol–water partition coefficient (Wildman–Crippen LogP) is 3.67. The van der Waals surface area contributed by atoms with Crippen molar-refractivity contribution in [2.45, 2.75) is 39.7 Å². The molecule has 0 aliphatic carbocycles. The summed E-state index contributed by atoms with van der Waals surface area (Å²) in [6.07, 6.45) is 1.50. The molecule has 0 amide bonds. The third-order valence-corrected chi connectivity index (χ3v) is 4.63. The van der Waals surface area contributed by atoms with Gasteiger partial charge in [-0.2, -0.15) is 5.10 Å². The molecule has 0 saturated heterocycles. The van der Waals surface area contributed by atoms with Crippen LogP contribution in [0.4, 0.5) is 4.39 Å². The Hall–Kier alpha value is -1.20. The first-order valence-electron chi connectivity index (χ1n) is 6.70. The highest BCUT2D eigenvalue weighted by Gasteiger charge is 2.15. The lowest BCUT2D eigenvalue weighted by atomic mass is 10.0. The van der Waals surface area contributed by atoms with E-state index in [9.17, 15) is 4.39 Å². The van der Waals surface area contributed by atoms with Gasteiger partial charge in [-0.1, -0.05) is 6.92 Å². The van der Waals surface area contributed by atoms with E-state index in [-0.39, 0.29) is 11.9 Å². The summed E-state index contributed by atoms with van der Waals surface area (Å²) in [5, 5.41) is 4.51. The van der Waals surface area contributed by atoms with E-state index >= 15 is 0 Å². The number of halogens is 2. The summed E-state index contributed by atoms with van der Waals surface area (Å²) in [5.41, 5.74) is 9.71. The lowest BCUT2D eigenvalue weighted by Crippen LogP contribution is -2.22. The molecule has 0 fully saturated rings. The van der Waals surface area contributed by atoms with Crippen molar-refractivity contribution in [2.75, 3.05) is 0 Å². The molecule has 1 aromatic heterocycles. The van der Waals surface area contributed by atoms with E-state index in [1.165, 1.54) is 6.07 Å². The third-order valence-electron chi connectivity index (χ3n) is 3.48. The van der Waals surface area contributed by atoms with Crippen LogP contribution in [0.15, 0.2) is 22.7 Å². The summed E-state index contributed by atoms with van der Waals surface area (Å²) in [5.74, 6) is -0.243. The number of hydrogen-bond donors (Lipinski definition) is 1. The second-order valence-electron chi connectivity index (χ2n) is 5.04. The largest absolute Gasteiger partial charge is 0.327 e. The quantitative estimate of drug-likeness (QED) is 0.923. The molecule has 2 N–H and O–H groups in total. The van der Waals surface area contributed by atoms with Crippen LogP contribution >= 0.6 is 15.9 Å². The molecule has 0 bridgehead atoms. The van der Waals surface area contributed by atoms with Crippen LogP contribution in [0.5, 0.6) is 0 Å². The first-order chi connectivity index (χ1) is 9.43. The van der Waals surface area contributed by atoms with Crippen molar-refractivity contribution < 1.29 is 4.39 Å². The van der Waals surface area contributed by atoms with Crippen molar-refractivity contribution in [1.82, 2.24) is 9.78 Å². The molecule has 1 heterocycles. The van der Waals surface area contributed by atoms with Crippen LogP contribution in [0.3, 0.4) is 0 Å². The summed E-state index contributed by atoms with van der Waals surface area (Å²) >= 11 is 3.52. The Morgan fingerprint density at radius 2 is 2.10 bits per heavy atom. The van der Waals surface area contributed by atoms with Gasteiger partial charge in [0.15, 0.2) is 0 Å². The van der Waals surface area contributed by atoms with Gasteiger partial charge in [-0.05, 0) is 66.4 Å². The maximum atomic E-state index is 13.5. The fourth-order valence-corrected chi connectivity index (χ4v) is 2.46. The number of nitrogens with two attached hydrogens (primary N) is 1. The minimum Gasteiger partial charge on any atom is -0.327 e. The second kappa shape index (κ2) is 6.06. The third kappa shape index (κ3) is 2.94. The Morgan fingerprint density at radius 1 is 1.40 bits per heavy atom. The van der Waals surface area contributed by atoms with Crippen LogP contribution < -0.4 is 5.73 Å². The lowest BCUT2D eigenvalue weighted by Gasteiger charge is -2.14. The predicted molar refractivity (Wildman–Crippen MR) is 82.7 cm³/mol. The number of aromatic nitrogens is 2. The Balaban J connectivity index is 2.52. The van der Waals surface area contributed by atoms with Gasteiger partial charge in [0.2, 0.25) is 0 Å². The summed E-state index contributed by atoms with van der Waals surface area (Å²) in [6, 6.07) is 4.80. The monoisotopic (exact) mass is 339 g/mol. The average molecular weight is 340 g/mol. The smallest absolute Gasteiger partial charge is 0.123 e. The molecule has 2 rings (SSSR count). The Kier molecular flexibility index (Phi) is 4.60. The van der Waals surface area contributed by atoms with Crippen molar-refractivity contribution in [3.05, 3.63) is 45.4 Å². The number of nitrogens with zero attached hydrogens (tertiary/aromatic N) is 2. The van der Waals surface area contributed by atoms with Gasteiger partial charge in [0.25, 0.3) is 0 Å². The number of aryl methyl sites for hydroxylation is 1. The first-order valence-corrected chi connectivity index (χ1v) is 7.49. The molecule has 108 valence electrons. The number of rotatable bonds is 4. The highest BCUT2D eigenvalue weighted by molar-refractivity contribution is 9.10. The van der Waals surface area contributed by atoms with Crippen LogP contribution in [0, 0.1) is 19.7 Å². The molecule has 5 heteroatoms. The van der Waals surface area contributed by atoms with E-state index < -0.39 is 0 Å². The fourth-order valence-electron chi connectivity index (χ4n) is 2.21. The molecule has 3 nitrogen and oxygen atoms in total. The number of benzene rings is 1. The van der Waals surface area contributed by atoms with Crippen LogP contribution in [-0.2, 0) is 6.42 Å². The van der Waals surface area contributed by atoms with Gasteiger partial charge in [0, 0.05) is 6.04 Å². The van der Waals surface area contributed by atoms with Crippen molar-refractivity contribution in [3.8, 4) is 5.69 Å². The van der Waals surface area contributed by atoms with E-state index in [4.69, 9.17) is 5.73 Å². The zero-order valence-corrected chi connectivity index (χ0v) is 13.5. The van der Waals surface area contributed by atoms with E-state index in [0.717, 1.165) is 33.5 Å². The van der Waals surface area contributed by atoms with Gasteiger partial charge in [0.05, 0.1) is 21.5 Å². The van der Waals surface area contributed by atoms with Crippen molar-refractivity contribution >= 4 is 15.9 Å². The standard InChI is InChI=1S/C15H19BrFN3/c1-4-13(18)8-11-7-12(17)5-6-14(11)20-10(3)15(16)9(2)19-20/h5-7,13H,4,8,18H2,1-3H3. The van der Waals surface area contributed by atoms with E-state index in [0.29, 0.717) is 6.42 Å². The second-order valence-corrected chi connectivity index (χ2v) is 5.84. The summed E-state index contributed by atoms with van der Waals surface area (Å²) in [7, 11) is 0. The fraction of sp³-hybridized carbons (Fsp3) is 0.400. The summed E-state index contributed by atoms with van der Waals surface area (Å²) < 4.78 is 16.3. The maximum absolute atomic E-state index is 13.5. The molecule has 0 saturated carbocycles. The van der Waals surface area contributed by atoms with Crippen LogP contribution in [0.25, 0.3) is 5.69 Å². The molecular formula is C15H19BrFN3. The topological polar surface area (TPSA) is 43.8 Å². The molecule has 1 atom stereocenters. The Labute approximate surface area is 127 Å². The summed E-state index contributed by atoms with van der Waals surface area (Å²) in [4.78, 5) is 0. The molecule has 20 heavy (non-hydrogen) atoms. The molecule has 1 unspecified atom stereocenters. The van der Waals surface area contributed by atoms with Gasteiger partial charge in [0.1, 0.15) is 5.82 Å². The van der Waals surface area contributed by atoms with Crippen LogP contribution in [0.1, 0.15) is 30.3 Å². The van der Waals surface area contributed by atoms with Crippen molar-refractivity contribution in [1.29, 1.82) is 0 Å². The van der Waals surface area contributed by atoms with Gasteiger partial charge in [-0.15, -0.1) is 0 Å². The van der Waals surface area contributed by atoms with Crippen molar-refractivity contribution in [2.24, 2.45) is 5.73 Å². The maximum Gasteiger partial charge on any atom is 0.123 e. The van der Waals surface area contributed by atoms with E-state index in [2.05, 4.69) is 21.0 Å². The average Bonchev–Trinajstić information content (AvgIpc) is 2.66. The molecular weight excluding hydrogens is 321 g/mol. The highest BCUT2D eigenvalue weighted by Crippen LogP contribution is 2.25. The Bertz CT molecular complexity index is 622. The first kappa shape index (κ1) is 15.2. The SMILES string of the molecule is CCC(N)Cc1cc(F)ccc1-n1nc(C)c(Br)c1C. The minimum absolute atomic E-state index is 0.0240. The molecule has 0 aliphatic rings. The zero-order valence-electron chi connectivity index (χ0n) is 12.0. The summed E-state index contributed by atoms with van der Waals surface area (Å²) in [6.45, 7) is 5.95. The Morgan fingerprint density at radius 3 is 2.65 bits per heavy atom. The van der Waals surface area contributed by atoms with Gasteiger partial charge in [-0.25, -0.2) is 9.07 Å². The van der Waals surface area contributed by atoms with Crippen LogP contribution in [0.2, 0.25) is 0 Å². The highest BCUT2D eigenvalue weighted by atomic mass is 79.9. The van der Waals surface area contributed by atoms with E-state index in [1.54, 1.807) is 12.1 Å². The normalized spacial score (nSPS) is 12.7. The molecule has 2 aromatic rings. The zero-order chi connectivity index (χ0) is 14.9. The molecule has 0 aliphatic heterocycles. The molecule has 0 spiro atoms. The van der Waals surface area contributed by atoms with Crippen LogP contribution in [-0.4, -0.2) is 15.8 Å². The van der Waals surface area contributed by atoms with Gasteiger partial charge < -0.3 is 5.73 Å². The minimum atomic E-state index is -0.243. The van der Waals surface area contributed by atoms with Gasteiger partial charge in [-0.3, -0.25) is 0 Å². The number of hydrogen-bond acceptors (Lipinski definition) is 2. The van der Waals surface area contributed by atoms with Gasteiger partial charge >= 0.3 is 0 Å². The molecule has 1 aromatic carbocycles. The lowest BCUT2D eigenvalue weighted by molar-refractivity contribution is 0.611. The van der Waals surface area contributed by atoms with Crippen molar-refractivity contribution in [3.63, 3.8) is 0 Å².